The van der Waals surface area contributed by atoms with Gasteiger partial charge in [-0.1, -0.05) is 91.0 Å². The van der Waals surface area contributed by atoms with Crippen LogP contribution in [0.3, 0.4) is 0 Å². The van der Waals surface area contributed by atoms with Crippen LogP contribution in [0.25, 0.3) is 82.5 Å². The van der Waals surface area contributed by atoms with Gasteiger partial charge < -0.3 is 4.57 Å². The van der Waals surface area contributed by atoms with Crippen LogP contribution in [0.5, 0.6) is 0 Å². The highest BCUT2D eigenvalue weighted by Gasteiger charge is 2.24. The van der Waals surface area contributed by atoms with E-state index in [1.807, 2.05) is 0 Å². The van der Waals surface area contributed by atoms with E-state index in [1.165, 1.54) is 82.5 Å². The first-order chi connectivity index (χ1) is 20.4. The van der Waals surface area contributed by atoms with E-state index in [-0.39, 0.29) is 0 Å². The van der Waals surface area contributed by atoms with Crippen LogP contribution in [0.2, 0.25) is 0 Å². The second-order valence-electron chi connectivity index (χ2n) is 11.0. The second kappa shape index (κ2) is 7.56. The molecule has 3 nitrogen and oxygen atoms in total. The van der Waals surface area contributed by atoms with Gasteiger partial charge in [0.2, 0.25) is 0 Å². The fourth-order valence-electron chi connectivity index (χ4n) is 7.35. The number of para-hydroxylation sites is 5. The highest BCUT2D eigenvalue weighted by molar-refractivity contribution is 6.27. The minimum atomic E-state index is 1.17. The quantitative estimate of drug-likeness (QED) is 0.215. The molecule has 6 aromatic carbocycles. The summed E-state index contributed by atoms with van der Waals surface area (Å²) < 4.78 is 7.28. The number of nitrogens with zero attached hydrogens (tertiary/aromatic N) is 3. The Morgan fingerprint density at radius 2 is 0.854 bits per heavy atom. The lowest BCUT2D eigenvalue weighted by Crippen LogP contribution is -1.93. The van der Waals surface area contributed by atoms with Gasteiger partial charge in [-0.05, 0) is 59.7 Å². The Hall–Kier alpha value is -5.54. The third kappa shape index (κ3) is 2.59. The molecule has 0 N–H and O–H groups in total. The van der Waals surface area contributed by atoms with Crippen LogP contribution in [0.15, 0.2) is 140 Å². The first-order valence-corrected chi connectivity index (χ1v) is 14.1. The lowest BCUT2D eigenvalue weighted by atomic mass is 9.99. The molecule has 3 heteroatoms. The lowest BCUT2D eigenvalue weighted by Gasteiger charge is -2.10. The first-order valence-electron chi connectivity index (χ1n) is 14.1. The van der Waals surface area contributed by atoms with E-state index in [0.717, 1.165) is 0 Å². The molecule has 0 aliphatic carbocycles. The van der Waals surface area contributed by atoms with Crippen molar-refractivity contribution < 1.29 is 0 Å². The molecule has 0 atom stereocenters. The summed E-state index contributed by atoms with van der Waals surface area (Å²) in [6, 6.07) is 50.8. The van der Waals surface area contributed by atoms with Crippen LogP contribution >= 0.6 is 0 Å². The molecule has 0 amide bonds. The molecule has 4 aromatic heterocycles. The summed E-state index contributed by atoms with van der Waals surface area (Å²) in [4.78, 5) is 0. The van der Waals surface area contributed by atoms with E-state index >= 15 is 0 Å². The van der Waals surface area contributed by atoms with E-state index in [4.69, 9.17) is 0 Å². The van der Waals surface area contributed by atoms with Gasteiger partial charge in [0.25, 0.3) is 0 Å². The zero-order chi connectivity index (χ0) is 26.7. The van der Waals surface area contributed by atoms with Crippen LogP contribution < -0.4 is 0 Å². The van der Waals surface area contributed by atoms with Crippen molar-refractivity contribution in [2.24, 2.45) is 0 Å². The summed E-state index contributed by atoms with van der Waals surface area (Å²) in [5.41, 5.74) is 12.4. The summed E-state index contributed by atoms with van der Waals surface area (Å²) in [5.74, 6) is 0. The molecule has 0 radical (unpaired) electrons. The normalized spacial score (nSPS) is 12.4. The van der Waals surface area contributed by atoms with E-state index in [2.05, 4.69) is 153 Å². The SMILES string of the molecule is c1ccc2c(c1)c1ccccc1n2-c1ccc(-c2cccc3c2c2c4ccccc4n4c5ccccc5n3c24)cc1. The number of benzene rings is 6. The van der Waals surface area contributed by atoms with E-state index in [9.17, 15) is 0 Å². The predicted molar refractivity (Wildman–Crippen MR) is 172 cm³/mol. The van der Waals surface area contributed by atoms with Gasteiger partial charge in [0.15, 0.2) is 0 Å². The first kappa shape index (κ1) is 21.3. The van der Waals surface area contributed by atoms with Crippen LogP contribution in [-0.4, -0.2) is 13.4 Å². The molecular weight excluding hydrogens is 498 g/mol. The average Bonchev–Trinajstić information content (AvgIpc) is 3.75. The monoisotopic (exact) mass is 521 g/mol. The molecule has 0 saturated carbocycles. The molecule has 4 heterocycles. The van der Waals surface area contributed by atoms with Gasteiger partial charge >= 0.3 is 0 Å². The van der Waals surface area contributed by atoms with Crippen LogP contribution in [0.1, 0.15) is 0 Å². The summed E-state index contributed by atoms with van der Waals surface area (Å²) >= 11 is 0. The molecule has 0 spiro atoms. The molecule has 0 aliphatic rings. The largest absolute Gasteiger partial charge is 0.309 e. The van der Waals surface area contributed by atoms with Gasteiger partial charge in [0.1, 0.15) is 5.65 Å². The number of imidazole rings is 1. The van der Waals surface area contributed by atoms with Gasteiger partial charge in [0.05, 0.1) is 33.1 Å². The maximum atomic E-state index is 2.45. The van der Waals surface area contributed by atoms with E-state index < -0.39 is 0 Å². The molecular formula is C38H23N3. The standard InChI is InChI=1S/C38H23N3/c1-4-14-30-27(10-1)28-11-2-5-15-31(28)39(30)25-22-20-24(21-23-25)26-13-9-19-35-36(26)37-29-12-3-6-16-32(29)40-33-17-7-8-18-34(33)41(35)38(37)40/h1-23H. The minimum absolute atomic E-state index is 1.17. The summed E-state index contributed by atoms with van der Waals surface area (Å²) in [5, 5.41) is 6.51. The van der Waals surface area contributed by atoms with Gasteiger partial charge in [-0.2, -0.15) is 0 Å². The lowest BCUT2D eigenvalue weighted by molar-refractivity contribution is 1.18. The smallest absolute Gasteiger partial charge is 0.131 e. The van der Waals surface area contributed by atoms with Gasteiger partial charge in [-0.3, -0.25) is 8.80 Å². The molecule has 0 aliphatic heterocycles. The molecule has 0 fully saturated rings. The van der Waals surface area contributed by atoms with Crippen LogP contribution in [-0.2, 0) is 0 Å². The highest BCUT2D eigenvalue weighted by atomic mass is 15.1. The Balaban J connectivity index is 1.26. The molecule has 10 aromatic rings. The maximum Gasteiger partial charge on any atom is 0.131 e. The molecule has 0 saturated heterocycles. The number of fused-ring (bicyclic) bond motifs is 12. The number of hydrogen-bond acceptors (Lipinski definition) is 0. The van der Waals surface area contributed by atoms with Gasteiger partial charge in [0, 0.05) is 32.6 Å². The zero-order valence-corrected chi connectivity index (χ0v) is 22.1. The fraction of sp³-hybridized carbons (Fsp3) is 0. The van der Waals surface area contributed by atoms with Crippen molar-refractivity contribution in [3.05, 3.63) is 140 Å². The Morgan fingerprint density at radius 1 is 0.341 bits per heavy atom. The Bertz CT molecular complexity index is 2570. The van der Waals surface area contributed by atoms with Crippen LogP contribution in [0, 0.1) is 0 Å². The van der Waals surface area contributed by atoms with Crippen molar-refractivity contribution in [1.29, 1.82) is 0 Å². The third-order valence-corrected chi connectivity index (χ3v) is 8.97. The zero-order valence-electron chi connectivity index (χ0n) is 22.1. The summed E-state index contributed by atoms with van der Waals surface area (Å²) in [6.07, 6.45) is 0. The van der Waals surface area contributed by atoms with Crippen LogP contribution in [0.4, 0.5) is 0 Å². The molecule has 41 heavy (non-hydrogen) atoms. The van der Waals surface area contributed by atoms with E-state index in [0.29, 0.717) is 0 Å². The van der Waals surface area contributed by atoms with Gasteiger partial charge in [-0.15, -0.1) is 0 Å². The fourth-order valence-corrected chi connectivity index (χ4v) is 7.35. The number of hydrogen-bond donors (Lipinski definition) is 0. The van der Waals surface area contributed by atoms with Crippen molar-refractivity contribution in [3.63, 3.8) is 0 Å². The molecule has 190 valence electrons. The number of aromatic nitrogens is 3. The van der Waals surface area contributed by atoms with Gasteiger partial charge in [-0.25, -0.2) is 0 Å². The topological polar surface area (TPSA) is 13.8 Å². The van der Waals surface area contributed by atoms with Crippen molar-refractivity contribution in [2.75, 3.05) is 0 Å². The maximum absolute atomic E-state index is 2.45. The molecule has 0 bridgehead atoms. The average molecular weight is 522 g/mol. The molecule has 10 rings (SSSR count). The van der Waals surface area contributed by atoms with Crippen molar-refractivity contribution in [3.8, 4) is 16.8 Å². The Morgan fingerprint density at radius 3 is 1.51 bits per heavy atom. The highest BCUT2D eigenvalue weighted by Crippen LogP contribution is 2.44. The predicted octanol–water partition coefficient (Wildman–Crippen LogP) is 9.85. The Labute approximate surface area is 235 Å². The third-order valence-electron chi connectivity index (χ3n) is 8.97. The summed E-state index contributed by atoms with van der Waals surface area (Å²) in [7, 11) is 0. The van der Waals surface area contributed by atoms with E-state index in [1.54, 1.807) is 0 Å². The molecule has 0 unspecified atom stereocenters. The minimum Gasteiger partial charge on any atom is -0.309 e. The van der Waals surface area contributed by atoms with Crippen molar-refractivity contribution >= 4 is 65.7 Å². The van der Waals surface area contributed by atoms with Crippen molar-refractivity contribution in [2.45, 2.75) is 0 Å². The van der Waals surface area contributed by atoms with Crippen molar-refractivity contribution in [1.82, 2.24) is 13.4 Å². The second-order valence-corrected chi connectivity index (χ2v) is 11.0. The Kier molecular flexibility index (Phi) is 3.93. The number of rotatable bonds is 2. The summed E-state index contributed by atoms with van der Waals surface area (Å²) in [6.45, 7) is 0.